The van der Waals surface area contributed by atoms with Crippen molar-refractivity contribution in [1.29, 1.82) is 0 Å². The third-order valence-corrected chi connectivity index (χ3v) is 4.01. The van der Waals surface area contributed by atoms with E-state index in [0.717, 1.165) is 32.4 Å². The van der Waals surface area contributed by atoms with Crippen molar-refractivity contribution in [2.24, 2.45) is 5.73 Å². The number of amides is 1. The van der Waals surface area contributed by atoms with Crippen molar-refractivity contribution in [3.05, 3.63) is 35.9 Å². The summed E-state index contributed by atoms with van der Waals surface area (Å²) in [6, 6.07) is 10.1. The Labute approximate surface area is 115 Å². The second kappa shape index (κ2) is 6.17. The van der Waals surface area contributed by atoms with Gasteiger partial charge in [0.2, 0.25) is 5.91 Å². The molecule has 0 saturated carbocycles. The summed E-state index contributed by atoms with van der Waals surface area (Å²) < 4.78 is 0. The van der Waals surface area contributed by atoms with Crippen LogP contribution in [-0.2, 0) is 11.3 Å². The van der Waals surface area contributed by atoms with E-state index in [9.17, 15) is 4.79 Å². The summed E-state index contributed by atoms with van der Waals surface area (Å²) in [5, 5.41) is 3.41. The lowest BCUT2D eigenvalue weighted by Gasteiger charge is -2.30. The van der Waals surface area contributed by atoms with Crippen molar-refractivity contribution in [2.45, 2.75) is 31.3 Å². The standard InChI is InChI=1S/C15H23N3O/c1-18-10-5-8-15(9-11-18,14(16)19)17-12-13-6-3-2-4-7-13/h2-4,6-7,17H,5,8-12H2,1H3,(H2,16,19). The Morgan fingerprint density at radius 1 is 1.32 bits per heavy atom. The minimum atomic E-state index is -0.555. The zero-order chi connectivity index (χ0) is 13.7. The predicted molar refractivity (Wildman–Crippen MR) is 76.6 cm³/mol. The van der Waals surface area contributed by atoms with E-state index in [1.54, 1.807) is 0 Å². The first-order valence-corrected chi connectivity index (χ1v) is 6.90. The third kappa shape index (κ3) is 3.55. The second-order valence-corrected chi connectivity index (χ2v) is 5.44. The van der Waals surface area contributed by atoms with E-state index in [1.165, 1.54) is 5.56 Å². The zero-order valence-electron chi connectivity index (χ0n) is 11.6. The van der Waals surface area contributed by atoms with Crippen LogP contribution in [0.5, 0.6) is 0 Å². The van der Waals surface area contributed by atoms with Gasteiger partial charge in [-0.25, -0.2) is 0 Å². The molecule has 19 heavy (non-hydrogen) atoms. The van der Waals surface area contributed by atoms with Crippen LogP contribution < -0.4 is 11.1 Å². The molecule has 2 rings (SSSR count). The lowest BCUT2D eigenvalue weighted by Crippen LogP contribution is -2.55. The van der Waals surface area contributed by atoms with Crippen molar-refractivity contribution in [3.63, 3.8) is 0 Å². The Balaban J connectivity index is 2.05. The monoisotopic (exact) mass is 261 g/mol. The summed E-state index contributed by atoms with van der Waals surface area (Å²) in [7, 11) is 2.09. The quantitative estimate of drug-likeness (QED) is 0.854. The third-order valence-electron chi connectivity index (χ3n) is 4.01. The molecular weight excluding hydrogens is 238 g/mol. The van der Waals surface area contributed by atoms with Crippen LogP contribution in [0.25, 0.3) is 0 Å². The van der Waals surface area contributed by atoms with Crippen molar-refractivity contribution >= 4 is 5.91 Å². The summed E-state index contributed by atoms with van der Waals surface area (Å²) in [4.78, 5) is 14.2. The summed E-state index contributed by atoms with van der Waals surface area (Å²) in [6.07, 6.45) is 2.60. The number of primary amides is 1. The van der Waals surface area contributed by atoms with E-state index in [1.807, 2.05) is 18.2 Å². The molecule has 4 heteroatoms. The molecular formula is C15H23N3O. The zero-order valence-corrected chi connectivity index (χ0v) is 11.6. The van der Waals surface area contributed by atoms with Crippen LogP contribution in [0.3, 0.4) is 0 Å². The fourth-order valence-electron chi connectivity index (χ4n) is 2.65. The predicted octanol–water partition coefficient (Wildman–Crippen LogP) is 1.12. The highest BCUT2D eigenvalue weighted by molar-refractivity contribution is 5.84. The minimum Gasteiger partial charge on any atom is -0.368 e. The molecule has 1 unspecified atom stereocenters. The van der Waals surface area contributed by atoms with Crippen LogP contribution >= 0.6 is 0 Å². The topological polar surface area (TPSA) is 58.4 Å². The average Bonchev–Trinajstić information content (AvgIpc) is 2.61. The Morgan fingerprint density at radius 2 is 2.05 bits per heavy atom. The van der Waals surface area contributed by atoms with Gasteiger partial charge in [-0.05, 0) is 38.4 Å². The van der Waals surface area contributed by atoms with E-state index in [0.29, 0.717) is 6.54 Å². The molecule has 1 aliphatic rings. The van der Waals surface area contributed by atoms with Crippen molar-refractivity contribution in [2.75, 3.05) is 20.1 Å². The van der Waals surface area contributed by atoms with Crippen LogP contribution in [0.2, 0.25) is 0 Å². The number of likely N-dealkylation sites (tertiary alicyclic amines) is 1. The Kier molecular flexibility index (Phi) is 4.56. The maximum Gasteiger partial charge on any atom is 0.237 e. The first kappa shape index (κ1) is 14.0. The molecule has 1 amide bonds. The molecule has 0 aromatic heterocycles. The van der Waals surface area contributed by atoms with Gasteiger partial charge < -0.3 is 10.6 Å². The van der Waals surface area contributed by atoms with Crippen LogP contribution in [0, 0.1) is 0 Å². The van der Waals surface area contributed by atoms with E-state index in [-0.39, 0.29) is 5.91 Å². The molecule has 104 valence electrons. The smallest absolute Gasteiger partial charge is 0.237 e. The maximum absolute atomic E-state index is 11.9. The number of nitrogens with one attached hydrogen (secondary N) is 1. The summed E-state index contributed by atoms with van der Waals surface area (Å²) in [6.45, 7) is 2.63. The van der Waals surface area contributed by atoms with Crippen molar-refractivity contribution in [1.82, 2.24) is 10.2 Å². The molecule has 1 saturated heterocycles. The molecule has 4 nitrogen and oxygen atoms in total. The minimum absolute atomic E-state index is 0.223. The highest BCUT2D eigenvalue weighted by Gasteiger charge is 2.37. The van der Waals surface area contributed by atoms with Gasteiger partial charge in [0.1, 0.15) is 0 Å². The van der Waals surface area contributed by atoms with Crippen LogP contribution in [0.1, 0.15) is 24.8 Å². The van der Waals surface area contributed by atoms with E-state index >= 15 is 0 Å². The number of rotatable bonds is 4. The average molecular weight is 261 g/mol. The van der Waals surface area contributed by atoms with Crippen LogP contribution in [-0.4, -0.2) is 36.5 Å². The van der Waals surface area contributed by atoms with E-state index < -0.39 is 5.54 Å². The van der Waals surface area contributed by atoms with Crippen LogP contribution in [0.4, 0.5) is 0 Å². The molecule has 1 aromatic carbocycles. The number of nitrogens with two attached hydrogens (primary N) is 1. The summed E-state index contributed by atoms with van der Waals surface area (Å²) >= 11 is 0. The van der Waals surface area contributed by atoms with Crippen molar-refractivity contribution in [3.8, 4) is 0 Å². The molecule has 0 aliphatic carbocycles. The number of nitrogens with zero attached hydrogens (tertiary/aromatic N) is 1. The van der Waals surface area contributed by atoms with Crippen molar-refractivity contribution < 1.29 is 4.79 Å². The first-order chi connectivity index (χ1) is 9.12. The molecule has 1 fully saturated rings. The van der Waals surface area contributed by atoms with Gasteiger partial charge in [-0.15, -0.1) is 0 Å². The van der Waals surface area contributed by atoms with Gasteiger partial charge in [0.25, 0.3) is 0 Å². The SMILES string of the molecule is CN1CCCC(NCc2ccccc2)(C(N)=O)CC1. The summed E-state index contributed by atoms with van der Waals surface area (Å²) in [5.41, 5.74) is 6.29. The molecule has 1 aliphatic heterocycles. The molecule has 0 spiro atoms. The molecule has 0 bridgehead atoms. The fourth-order valence-corrected chi connectivity index (χ4v) is 2.65. The number of carbonyl (C=O) groups is 1. The maximum atomic E-state index is 11.9. The highest BCUT2D eigenvalue weighted by Crippen LogP contribution is 2.22. The highest BCUT2D eigenvalue weighted by atomic mass is 16.1. The normalized spacial score (nSPS) is 24.9. The number of hydrogen-bond acceptors (Lipinski definition) is 3. The van der Waals surface area contributed by atoms with Gasteiger partial charge in [-0.2, -0.15) is 0 Å². The van der Waals surface area contributed by atoms with Gasteiger partial charge in [0, 0.05) is 13.1 Å². The fraction of sp³-hybridized carbons (Fsp3) is 0.533. The van der Waals surface area contributed by atoms with Gasteiger partial charge in [0.05, 0.1) is 5.54 Å². The van der Waals surface area contributed by atoms with E-state index in [4.69, 9.17) is 5.73 Å². The van der Waals surface area contributed by atoms with Gasteiger partial charge in [-0.1, -0.05) is 30.3 Å². The number of benzene rings is 1. The first-order valence-electron chi connectivity index (χ1n) is 6.90. The number of hydrogen-bond donors (Lipinski definition) is 2. The Hall–Kier alpha value is -1.39. The van der Waals surface area contributed by atoms with Crippen LogP contribution in [0.15, 0.2) is 30.3 Å². The van der Waals surface area contributed by atoms with Gasteiger partial charge >= 0.3 is 0 Å². The Bertz CT molecular complexity index is 421. The van der Waals surface area contributed by atoms with E-state index in [2.05, 4.69) is 29.4 Å². The number of carbonyl (C=O) groups excluding carboxylic acids is 1. The lowest BCUT2D eigenvalue weighted by atomic mass is 9.89. The van der Waals surface area contributed by atoms with Gasteiger partial charge in [0.15, 0.2) is 0 Å². The second-order valence-electron chi connectivity index (χ2n) is 5.44. The largest absolute Gasteiger partial charge is 0.368 e. The molecule has 1 heterocycles. The molecule has 0 radical (unpaired) electrons. The molecule has 1 atom stereocenters. The molecule has 3 N–H and O–H groups in total. The summed E-state index contributed by atoms with van der Waals surface area (Å²) in [5.74, 6) is -0.223. The Morgan fingerprint density at radius 3 is 2.74 bits per heavy atom. The molecule has 1 aromatic rings. The lowest BCUT2D eigenvalue weighted by molar-refractivity contribution is -0.125. The van der Waals surface area contributed by atoms with Gasteiger partial charge in [-0.3, -0.25) is 10.1 Å².